The number of hydrogen-bond acceptors (Lipinski definition) is 2. The molecule has 2 aromatic rings. The van der Waals surface area contributed by atoms with Crippen molar-refractivity contribution >= 4 is 29.1 Å². The highest BCUT2D eigenvalue weighted by Gasteiger charge is 2.16. The number of halogens is 1. The predicted octanol–water partition coefficient (Wildman–Crippen LogP) is 4.76. The second-order valence-corrected chi connectivity index (χ2v) is 6.88. The van der Waals surface area contributed by atoms with E-state index in [1.807, 2.05) is 42.5 Å². The first kappa shape index (κ1) is 13.2. The number of hydrogen-bond donors (Lipinski definition) is 1. The fourth-order valence-corrected chi connectivity index (χ4v) is 2.92. The zero-order valence-corrected chi connectivity index (χ0v) is 12.3. The second-order valence-electron chi connectivity index (χ2n) is 3.87. The number of benzene rings is 2. The lowest BCUT2D eigenvalue weighted by atomic mass is 10.3. The molecule has 1 atom stereocenters. The van der Waals surface area contributed by atoms with Crippen molar-refractivity contribution in [2.75, 3.05) is 11.8 Å². The first-order valence-electron chi connectivity index (χ1n) is 5.41. The predicted molar refractivity (Wildman–Crippen MR) is 78.4 cm³/mol. The molecule has 5 heteroatoms. The molecule has 0 radical (unpaired) electrons. The standard InChI is InChI=1S/C13H13BrNO2P/c1-18(16,17-13-5-3-2-4-6-13)15-12-9-7-11(14)8-10-12/h2-10H,1H3,(H,15,16)/t18-/m1/s1. The summed E-state index contributed by atoms with van der Waals surface area (Å²) in [6.07, 6.45) is 0. The van der Waals surface area contributed by atoms with Crippen molar-refractivity contribution < 1.29 is 9.09 Å². The van der Waals surface area contributed by atoms with E-state index < -0.39 is 7.52 Å². The van der Waals surface area contributed by atoms with Crippen molar-refractivity contribution in [3.05, 3.63) is 59.1 Å². The molecule has 0 saturated heterocycles. The van der Waals surface area contributed by atoms with E-state index in [2.05, 4.69) is 21.0 Å². The van der Waals surface area contributed by atoms with Gasteiger partial charge in [0.2, 0.25) is 0 Å². The second kappa shape index (κ2) is 5.59. The molecular weight excluding hydrogens is 313 g/mol. The smallest absolute Gasteiger partial charge is 0.338 e. The van der Waals surface area contributed by atoms with Gasteiger partial charge in [-0.25, -0.2) is 0 Å². The fraction of sp³-hybridized carbons (Fsp3) is 0.0769. The summed E-state index contributed by atoms with van der Waals surface area (Å²) >= 11 is 3.35. The van der Waals surface area contributed by atoms with Gasteiger partial charge in [-0.1, -0.05) is 34.1 Å². The molecule has 2 rings (SSSR count). The maximum absolute atomic E-state index is 12.3. The van der Waals surface area contributed by atoms with Crippen LogP contribution >= 0.6 is 23.4 Å². The molecule has 0 fully saturated rings. The Morgan fingerprint density at radius 1 is 1.06 bits per heavy atom. The quantitative estimate of drug-likeness (QED) is 0.823. The number of para-hydroxylation sites is 1. The van der Waals surface area contributed by atoms with Crippen LogP contribution in [-0.2, 0) is 4.57 Å². The Morgan fingerprint density at radius 3 is 2.28 bits per heavy atom. The van der Waals surface area contributed by atoms with Crippen LogP contribution in [0.1, 0.15) is 0 Å². The van der Waals surface area contributed by atoms with Crippen molar-refractivity contribution in [1.29, 1.82) is 0 Å². The van der Waals surface area contributed by atoms with Crippen molar-refractivity contribution in [3.63, 3.8) is 0 Å². The highest BCUT2D eigenvalue weighted by atomic mass is 79.9. The van der Waals surface area contributed by atoms with E-state index in [1.165, 1.54) is 0 Å². The molecule has 0 aliphatic rings. The summed E-state index contributed by atoms with van der Waals surface area (Å²) in [5, 5.41) is 2.91. The third kappa shape index (κ3) is 3.90. The molecule has 0 unspecified atom stereocenters. The third-order valence-electron chi connectivity index (χ3n) is 2.20. The van der Waals surface area contributed by atoms with Crippen LogP contribution in [0.5, 0.6) is 5.75 Å². The maximum Gasteiger partial charge on any atom is 0.338 e. The first-order chi connectivity index (χ1) is 8.55. The van der Waals surface area contributed by atoms with Gasteiger partial charge < -0.3 is 9.61 Å². The lowest BCUT2D eigenvalue weighted by Gasteiger charge is -2.17. The average molecular weight is 326 g/mol. The van der Waals surface area contributed by atoms with Gasteiger partial charge in [-0.2, -0.15) is 0 Å². The van der Waals surface area contributed by atoms with Gasteiger partial charge in [0.05, 0.1) is 0 Å². The van der Waals surface area contributed by atoms with E-state index in [-0.39, 0.29) is 0 Å². The Kier molecular flexibility index (Phi) is 4.10. The lowest BCUT2D eigenvalue weighted by Crippen LogP contribution is -2.01. The van der Waals surface area contributed by atoms with Gasteiger partial charge in [0.1, 0.15) is 5.75 Å². The molecule has 0 aliphatic carbocycles. The molecule has 0 aliphatic heterocycles. The molecule has 0 bridgehead atoms. The Morgan fingerprint density at radius 2 is 1.67 bits per heavy atom. The largest absolute Gasteiger partial charge is 0.429 e. The normalized spacial score (nSPS) is 13.7. The Bertz CT molecular complexity index is 557. The summed E-state index contributed by atoms with van der Waals surface area (Å²) in [6.45, 7) is 1.56. The molecule has 1 N–H and O–H groups in total. The molecule has 0 amide bonds. The summed E-state index contributed by atoms with van der Waals surface area (Å²) in [5.74, 6) is 0.591. The number of anilines is 1. The van der Waals surface area contributed by atoms with E-state index in [1.54, 1.807) is 18.8 Å². The van der Waals surface area contributed by atoms with Gasteiger partial charge in [0, 0.05) is 16.8 Å². The van der Waals surface area contributed by atoms with Crippen molar-refractivity contribution in [1.82, 2.24) is 0 Å². The minimum atomic E-state index is -2.92. The lowest BCUT2D eigenvalue weighted by molar-refractivity contribution is 0.493. The van der Waals surface area contributed by atoms with Crippen LogP contribution in [0.25, 0.3) is 0 Å². The number of rotatable bonds is 4. The van der Waals surface area contributed by atoms with Crippen molar-refractivity contribution in [3.8, 4) is 5.75 Å². The van der Waals surface area contributed by atoms with Gasteiger partial charge in [-0.3, -0.25) is 4.57 Å². The molecular formula is C13H13BrNO2P. The Labute approximate surface area is 115 Å². The van der Waals surface area contributed by atoms with Crippen LogP contribution in [-0.4, -0.2) is 6.66 Å². The maximum atomic E-state index is 12.3. The summed E-state index contributed by atoms with van der Waals surface area (Å²) in [7, 11) is -2.92. The van der Waals surface area contributed by atoms with E-state index in [9.17, 15) is 4.57 Å². The van der Waals surface area contributed by atoms with Gasteiger partial charge in [0.25, 0.3) is 0 Å². The molecule has 0 aromatic heterocycles. The highest BCUT2D eigenvalue weighted by molar-refractivity contribution is 9.10. The molecule has 0 spiro atoms. The van der Waals surface area contributed by atoms with Gasteiger partial charge >= 0.3 is 7.52 Å². The summed E-state index contributed by atoms with van der Waals surface area (Å²) in [6, 6.07) is 16.6. The average Bonchev–Trinajstić information content (AvgIpc) is 2.32. The van der Waals surface area contributed by atoms with Gasteiger partial charge in [0.15, 0.2) is 0 Å². The molecule has 94 valence electrons. The Hall–Kier alpha value is -1.25. The van der Waals surface area contributed by atoms with Crippen LogP contribution < -0.4 is 9.61 Å². The third-order valence-corrected chi connectivity index (χ3v) is 3.95. The van der Waals surface area contributed by atoms with Gasteiger partial charge in [-0.15, -0.1) is 0 Å². The summed E-state index contributed by atoms with van der Waals surface area (Å²) in [5.41, 5.74) is 0.764. The summed E-state index contributed by atoms with van der Waals surface area (Å²) < 4.78 is 18.7. The van der Waals surface area contributed by atoms with E-state index in [4.69, 9.17) is 4.52 Å². The van der Waals surface area contributed by atoms with Crippen LogP contribution in [0, 0.1) is 0 Å². The van der Waals surface area contributed by atoms with Gasteiger partial charge in [-0.05, 0) is 36.4 Å². The monoisotopic (exact) mass is 325 g/mol. The molecule has 18 heavy (non-hydrogen) atoms. The summed E-state index contributed by atoms with van der Waals surface area (Å²) in [4.78, 5) is 0. The van der Waals surface area contributed by atoms with E-state index >= 15 is 0 Å². The van der Waals surface area contributed by atoms with Crippen molar-refractivity contribution in [2.45, 2.75) is 0 Å². The minimum Gasteiger partial charge on any atom is -0.429 e. The van der Waals surface area contributed by atoms with E-state index in [0.29, 0.717) is 5.75 Å². The van der Waals surface area contributed by atoms with Crippen LogP contribution in [0.2, 0.25) is 0 Å². The van der Waals surface area contributed by atoms with Crippen LogP contribution in [0.15, 0.2) is 59.1 Å². The fourth-order valence-electron chi connectivity index (χ4n) is 1.46. The Balaban J connectivity index is 2.08. The van der Waals surface area contributed by atoms with E-state index in [0.717, 1.165) is 10.2 Å². The molecule has 0 heterocycles. The SMILES string of the molecule is C[P@](=O)(Nc1ccc(Br)cc1)Oc1ccccc1. The molecule has 0 saturated carbocycles. The topological polar surface area (TPSA) is 38.3 Å². The zero-order chi connectivity index (χ0) is 13.0. The molecule has 2 aromatic carbocycles. The highest BCUT2D eigenvalue weighted by Crippen LogP contribution is 2.43. The van der Waals surface area contributed by atoms with Crippen LogP contribution in [0.3, 0.4) is 0 Å². The number of nitrogens with one attached hydrogen (secondary N) is 1. The zero-order valence-electron chi connectivity index (χ0n) is 9.84. The van der Waals surface area contributed by atoms with Crippen molar-refractivity contribution in [2.24, 2.45) is 0 Å². The first-order valence-corrected chi connectivity index (χ1v) is 8.28. The molecule has 3 nitrogen and oxygen atoms in total. The van der Waals surface area contributed by atoms with Crippen LogP contribution in [0.4, 0.5) is 5.69 Å². The minimum absolute atomic E-state index is 0.591.